The van der Waals surface area contributed by atoms with Gasteiger partial charge in [0.15, 0.2) is 0 Å². The maximum atomic E-state index is 12.3. The molecule has 3 rings (SSSR count). The van der Waals surface area contributed by atoms with Crippen molar-refractivity contribution in [1.29, 1.82) is 0 Å². The number of hydrogen-bond acceptors (Lipinski definition) is 4. The van der Waals surface area contributed by atoms with Crippen LogP contribution in [0.2, 0.25) is 5.02 Å². The van der Waals surface area contributed by atoms with Crippen LogP contribution in [0.3, 0.4) is 0 Å². The zero-order chi connectivity index (χ0) is 17.3. The SMILES string of the molecule is O=C(Cn1[nH]c(=O)c2ccccc2c1=O)Nc1cc(Cl)ccc1O. The van der Waals surface area contributed by atoms with E-state index in [1.807, 2.05) is 0 Å². The lowest BCUT2D eigenvalue weighted by molar-refractivity contribution is -0.117. The molecular weight excluding hydrogens is 334 g/mol. The summed E-state index contributed by atoms with van der Waals surface area (Å²) in [6.45, 7) is -0.412. The number of amides is 1. The van der Waals surface area contributed by atoms with Crippen molar-refractivity contribution in [3.63, 3.8) is 0 Å². The van der Waals surface area contributed by atoms with E-state index in [4.69, 9.17) is 11.6 Å². The van der Waals surface area contributed by atoms with Crippen LogP contribution < -0.4 is 16.4 Å². The molecule has 0 aliphatic rings. The van der Waals surface area contributed by atoms with Gasteiger partial charge in [0.2, 0.25) is 5.91 Å². The first-order valence-electron chi connectivity index (χ1n) is 6.96. The number of anilines is 1. The summed E-state index contributed by atoms with van der Waals surface area (Å²) in [5.74, 6) is -0.757. The highest BCUT2D eigenvalue weighted by Gasteiger charge is 2.12. The summed E-state index contributed by atoms with van der Waals surface area (Å²) in [5.41, 5.74) is -0.844. The first kappa shape index (κ1) is 15.8. The molecule has 0 saturated carbocycles. The lowest BCUT2D eigenvalue weighted by Gasteiger charge is -2.09. The Morgan fingerprint density at radius 2 is 1.88 bits per heavy atom. The number of hydrogen-bond donors (Lipinski definition) is 3. The summed E-state index contributed by atoms with van der Waals surface area (Å²) >= 11 is 5.81. The van der Waals surface area contributed by atoms with Gasteiger partial charge in [-0.05, 0) is 30.3 Å². The predicted molar refractivity (Wildman–Crippen MR) is 90.6 cm³/mol. The summed E-state index contributed by atoms with van der Waals surface area (Å²) in [5, 5.41) is 15.3. The van der Waals surface area contributed by atoms with Crippen molar-refractivity contribution in [2.45, 2.75) is 6.54 Å². The molecule has 0 unspecified atom stereocenters. The van der Waals surface area contributed by atoms with E-state index in [0.717, 1.165) is 4.68 Å². The van der Waals surface area contributed by atoms with Crippen LogP contribution in [0.15, 0.2) is 52.1 Å². The van der Waals surface area contributed by atoms with Crippen molar-refractivity contribution >= 4 is 34.0 Å². The second-order valence-electron chi connectivity index (χ2n) is 5.09. The van der Waals surface area contributed by atoms with Gasteiger partial charge in [-0.3, -0.25) is 19.5 Å². The fourth-order valence-electron chi connectivity index (χ4n) is 2.30. The topological polar surface area (TPSA) is 104 Å². The second kappa shape index (κ2) is 6.21. The number of phenols is 1. The van der Waals surface area contributed by atoms with E-state index in [1.165, 1.54) is 30.3 Å². The number of fused-ring (bicyclic) bond motifs is 1. The smallest absolute Gasteiger partial charge is 0.273 e. The van der Waals surface area contributed by atoms with E-state index in [-0.39, 0.29) is 22.2 Å². The molecule has 24 heavy (non-hydrogen) atoms. The number of carbonyl (C=O) groups is 1. The molecule has 0 aliphatic heterocycles. The van der Waals surface area contributed by atoms with Crippen molar-refractivity contribution in [2.75, 3.05) is 5.32 Å². The molecule has 1 heterocycles. The number of phenolic OH excluding ortho intramolecular Hbond substituents is 1. The molecular formula is C16H12ClN3O4. The van der Waals surface area contributed by atoms with Crippen molar-refractivity contribution in [1.82, 2.24) is 9.78 Å². The van der Waals surface area contributed by atoms with Gasteiger partial charge in [-0.15, -0.1) is 0 Å². The minimum Gasteiger partial charge on any atom is -0.506 e. The first-order chi connectivity index (χ1) is 11.5. The van der Waals surface area contributed by atoms with Gasteiger partial charge in [0.1, 0.15) is 12.3 Å². The van der Waals surface area contributed by atoms with E-state index in [1.54, 1.807) is 12.1 Å². The molecule has 1 amide bonds. The minimum absolute atomic E-state index is 0.115. The van der Waals surface area contributed by atoms with Gasteiger partial charge in [-0.1, -0.05) is 23.7 Å². The molecule has 2 aromatic carbocycles. The summed E-state index contributed by atoms with van der Waals surface area (Å²) in [4.78, 5) is 36.4. The molecule has 0 bridgehead atoms. The minimum atomic E-state index is -0.597. The molecule has 0 spiro atoms. The number of H-pyrrole nitrogens is 1. The Kier molecular flexibility index (Phi) is 4.09. The summed E-state index contributed by atoms with van der Waals surface area (Å²) in [7, 11) is 0. The number of aromatic hydroxyl groups is 1. The fraction of sp³-hybridized carbons (Fsp3) is 0.0625. The Morgan fingerprint density at radius 1 is 1.17 bits per heavy atom. The van der Waals surface area contributed by atoms with Gasteiger partial charge in [-0.2, -0.15) is 0 Å². The van der Waals surface area contributed by atoms with Crippen LogP contribution in [-0.4, -0.2) is 20.8 Å². The van der Waals surface area contributed by atoms with Crippen LogP contribution in [0.1, 0.15) is 0 Å². The van der Waals surface area contributed by atoms with Gasteiger partial charge in [0, 0.05) is 5.02 Å². The van der Waals surface area contributed by atoms with Gasteiger partial charge in [0.25, 0.3) is 11.1 Å². The maximum Gasteiger partial charge on any atom is 0.273 e. The molecule has 0 fully saturated rings. The number of carbonyl (C=O) groups excluding carboxylic acids is 1. The van der Waals surface area contributed by atoms with Crippen LogP contribution in [0, 0.1) is 0 Å². The Balaban J connectivity index is 1.91. The predicted octanol–water partition coefficient (Wildman–Crippen LogP) is 1.69. The van der Waals surface area contributed by atoms with E-state index in [9.17, 15) is 19.5 Å². The summed E-state index contributed by atoms with van der Waals surface area (Å²) in [6, 6.07) is 10.5. The monoisotopic (exact) mass is 345 g/mol. The molecule has 1 aromatic heterocycles. The summed E-state index contributed by atoms with van der Waals surface area (Å²) < 4.78 is 0.918. The van der Waals surface area contributed by atoms with Crippen LogP contribution in [0.4, 0.5) is 5.69 Å². The van der Waals surface area contributed by atoms with Crippen molar-refractivity contribution in [3.8, 4) is 5.75 Å². The molecule has 0 aliphatic carbocycles. The Hall–Kier alpha value is -3.06. The largest absolute Gasteiger partial charge is 0.506 e. The van der Waals surface area contributed by atoms with E-state index in [2.05, 4.69) is 10.4 Å². The quantitative estimate of drug-likeness (QED) is 0.628. The number of aromatic nitrogens is 2. The zero-order valence-corrected chi connectivity index (χ0v) is 13.0. The molecule has 3 N–H and O–H groups in total. The molecule has 0 radical (unpaired) electrons. The van der Waals surface area contributed by atoms with E-state index in [0.29, 0.717) is 5.02 Å². The number of nitrogens with zero attached hydrogens (tertiary/aromatic N) is 1. The normalized spacial score (nSPS) is 10.7. The summed E-state index contributed by atoms with van der Waals surface area (Å²) in [6.07, 6.45) is 0. The molecule has 3 aromatic rings. The van der Waals surface area contributed by atoms with E-state index < -0.39 is 23.6 Å². The molecule has 0 atom stereocenters. The number of nitrogens with one attached hydrogen (secondary N) is 2. The lowest BCUT2D eigenvalue weighted by Crippen LogP contribution is -2.34. The van der Waals surface area contributed by atoms with Crippen molar-refractivity contribution in [2.24, 2.45) is 0 Å². The molecule has 0 saturated heterocycles. The molecule has 122 valence electrons. The van der Waals surface area contributed by atoms with E-state index >= 15 is 0 Å². The average Bonchev–Trinajstić information content (AvgIpc) is 2.56. The fourth-order valence-corrected chi connectivity index (χ4v) is 2.47. The van der Waals surface area contributed by atoms with Gasteiger partial charge in [-0.25, -0.2) is 4.68 Å². The second-order valence-corrected chi connectivity index (χ2v) is 5.52. The highest BCUT2D eigenvalue weighted by Crippen LogP contribution is 2.26. The Bertz CT molecular complexity index is 1060. The maximum absolute atomic E-state index is 12.3. The number of halogens is 1. The van der Waals surface area contributed by atoms with Gasteiger partial charge >= 0.3 is 0 Å². The lowest BCUT2D eigenvalue weighted by atomic mass is 10.2. The average molecular weight is 346 g/mol. The van der Waals surface area contributed by atoms with Gasteiger partial charge < -0.3 is 10.4 Å². The van der Waals surface area contributed by atoms with Crippen molar-refractivity contribution in [3.05, 3.63) is 68.2 Å². The molecule has 7 nitrogen and oxygen atoms in total. The number of rotatable bonds is 3. The first-order valence-corrected chi connectivity index (χ1v) is 7.34. The zero-order valence-electron chi connectivity index (χ0n) is 12.2. The van der Waals surface area contributed by atoms with Crippen LogP contribution in [0.25, 0.3) is 10.8 Å². The van der Waals surface area contributed by atoms with Gasteiger partial charge in [0.05, 0.1) is 16.5 Å². The third kappa shape index (κ3) is 3.02. The number of benzene rings is 2. The standard InChI is InChI=1S/C16H12ClN3O4/c17-9-5-6-13(21)12(7-9)18-14(22)8-20-16(24)11-4-2-1-3-10(11)15(23)19-20/h1-7,21H,8H2,(H,18,22)(H,19,23). The third-order valence-corrected chi connectivity index (χ3v) is 3.65. The van der Waals surface area contributed by atoms with Crippen LogP contribution in [0.5, 0.6) is 5.75 Å². The van der Waals surface area contributed by atoms with Crippen LogP contribution >= 0.6 is 11.6 Å². The van der Waals surface area contributed by atoms with Crippen molar-refractivity contribution < 1.29 is 9.90 Å². The third-order valence-electron chi connectivity index (χ3n) is 3.42. The molecule has 8 heteroatoms. The number of aromatic amines is 1. The Labute approximate surface area is 140 Å². The van der Waals surface area contributed by atoms with Crippen LogP contribution in [-0.2, 0) is 11.3 Å². The highest BCUT2D eigenvalue weighted by molar-refractivity contribution is 6.31. The highest BCUT2D eigenvalue weighted by atomic mass is 35.5. The Morgan fingerprint density at radius 3 is 2.62 bits per heavy atom.